The second kappa shape index (κ2) is 5.93. The van der Waals surface area contributed by atoms with Crippen LogP contribution in [0.5, 0.6) is 0 Å². The highest BCUT2D eigenvalue weighted by Gasteiger charge is 2.11. The Morgan fingerprint density at radius 2 is 1.94 bits per heavy atom. The lowest BCUT2D eigenvalue weighted by Crippen LogP contribution is -2.14. The second-order valence-electron chi connectivity index (χ2n) is 3.83. The SMILES string of the molecule is NC(Cc1ccncc1)c1cc(Br)ccc1I. The van der Waals surface area contributed by atoms with Crippen molar-refractivity contribution < 1.29 is 0 Å². The third kappa shape index (κ3) is 3.50. The number of hydrogen-bond donors (Lipinski definition) is 1. The Kier molecular flexibility index (Phi) is 4.53. The van der Waals surface area contributed by atoms with E-state index in [0.717, 1.165) is 10.9 Å². The summed E-state index contributed by atoms with van der Waals surface area (Å²) in [5.41, 5.74) is 8.64. The molecule has 0 saturated carbocycles. The third-order valence-corrected chi connectivity index (χ3v) is 4.04. The molecule has 0 bridgehead atoms. The van der Waals surface area contributed by atoms with Gasteiger partial charge in [-0.1, -0.05) is 15.9 Å². The smallest absolute Gasteiger partial charge is 0.0346 e. The van der Waals surface area contributed by atoms with Crippen LogP contribution in [-0.4, -0.2) is 4.98 Å². The summed E-state index contributed by atoms with van der Waals surface area (Å²) in [6.45, 7) is 0. The quantitative estimate of drug-likeness (QED) is 0.795. The Morgan fingerprint density at radius 3 is 2.65 bits per heavy atom. The summed E-state index contributed by atoms with van der Waals surface area (Å²) in [5, 5.41) is 0. The van der Waals surface area contributed by atoms with Crippen LogP contribution in [0.2, 0.25) is 0 Å². The Balaban J connectivity index is 2.20. The molecule has 1 aromatic heterocycles. The highest BCUT2D eigenvalue weighted by molar-refractivity contribution is 14.1. The van der Waals surface area contributed by atoms with Crippen LogP contribution in [0.3, 0.4) is 0 Å². The number of benzene rings is 1. The van der Waals surface area contributed by atoms with E-state index in [4.69, 9.17) is 5.73 Å². The highest BCUT2D eigenvalue weighted by Crippen LogP contribution is 2.25. The minimum absolute atomic E-state index is 0.0156. The molecule has 17 heavy (non-hydrogen) atoms. The first kappa shape index (κ1) is 13.0. The number of halogens is 2. The molecule has 2 N–H and O–H groups in total. The van der Waals surface area contributed by atoms with Crippen molar-refractivity contribution in [3.05, 3.63) is 61.9 Å². The zero-order chi connectivity index (χ0) is 12.3. The molecule has 1 atom stereocenters. The highest BCUT2D eigenvalue weighted by atomic mass is 127. The van der Waals surface area contributed by atoms with Gasteiger partial charge in [-0.05, 0) is 70.5 Å². The molecule has 0 spiro atoms. The standard InChI is InChI=1S/C13H12BrIN2/c14-10-1-2-12(15)11(8-10)13(16)7-9-3-5-17-6-4-9/h1-6,8,13H,7,16H2. The monoisotopic (exact) mass is 402 g/mol. The van der Waals surface area contributed by atoms with Crippen LogP contribution < -0.4 is 5.73 Å². The minimum Gasteiger partial charge on any atom is -0.324 e. The Bertz CT molecular complexity index is 502. The van der Waals surface area contributed by atoms with Gasteiger partial charge in [-0.3, -0.25) is 4.98 Å². The summed E-state index contributed by atoms with van der Waals surface area (Å²) in [6, 6.07) is 10.2. The Hall–Kier alpha value is -0.460. The maximum atomic E-state index is 6.25. The summed E-state index contributed by atoms with van der Waals surface area (Å²) in [4.78, 5) is 4.01. The van der Waals surface area contributed by atoms with Crippen LogP contribution in [0, 0.1) is 3.57 Å². The van der Waals surface area contributed by atoms with Gasteiger partial charge >= 0.3 is 0 Å². The van der Waals surface area contributed by atoms with Crippen molar-refractivity contribution in [3.63, 3.8) is 0 Å². The van der Waals surface area contributed by atoms with E-state index in [9.17, 15) is 0 Å². The molecule has 0 amide bonds. The van der Waals surface area contributed by atoms with Gasteiger partial charge in [-0.25, -0.2) is 0 Å². The molecular weight excluding hydrogens is 391 g/mol. The first-order valence-electron chi connectivity index (χ1n) is 5.26. The van der Waals surface area contributed by atoms with E-state index >= 15 is 0 Å². The van der Waals surface area contributed by atoms with E-state index in [1.807, 2.05) is 18.2 Å². The average molecular weight is 403 g/mol. The van der Waals surface area contributed by atoms with Gasteiger partial charge in [0.25, 0.3) is 0 Å². The van der Waals surface area contributed by atoms with Crippen molar-refractivity contribution in [3.8, 4) is 0 Å². The molecule has 2 rings (SSSR count). The van der Waals surface area contributed by atoms with Crippen molar-refractivity contribution in [2.45, 2.75) is 12.5 Å². The zero-order valence-corrected chi connectivity index (χ0v) is 12.8. The maximum absolute atomic E-state index is 6.25. The lowest BCUT2D eigenvalue weighted by Gasteiger charge is -2.14. The minimum atomic E-state index is 0.0156. The predicted molar refractivity (Wildman–Crippen MR) is 81.7 cm³/mol. The Morgan fingerprint density at radius 1 is 1.24 bits per heavy atom. The number of aromatic nitrogens is 1. The summed E-state index contributed by atoms with van der Waals surface area (Å²) in [6.07, 6.45) is 4.43. The fourth-order valence-corrected chi connectivity index (χ4v) is 2.80. The summed E-state index contributed by atoms with van der Waals surface area (Å²) < 4.78 is 2.27. The van der Waals surface area contributed by atoms with E-state index in [0.29, 0.717) is 0 Å². The molecule has 0 radical (unpaired) electrons. The third-order valence-electron chi connectivity index (χ3n) is 2.56. The molecule has 2 aromatic rings. The summed E-state index contributed by atoms with van der Waals surface area (Å²) >= 11 is 5.80. The van der Waals surface area contributed by atoms with E-state index in [1.54, 1.807) is 12.4 Å². The fraction of sp³-hybridized carbons (Fsp3) is 0.154. The predicted octanol–water partition coefficient (Wildman–Crippen LogP) is 3.69. The van der Waals surface area contributed by atoms with Crippen LogP contribution in [0.4, 0.5) is 0 Å². The van der Waals surface area contributed by atoms with Gasteiger partial charge in [0.15, 0.2) is 0 Å². The van der Waals surface area contributed by atoms with Crippen molar-refractivity contribution in [1.29, 1.82) is 0 Å². The molecule has 2 nitrogen and oxygen atoms in total. The van der Waals surface area contributed by atoms with Crippen molar-refractivity contribution >= 4 is 38.5 Å². The molecule has 1 unspecified atom stereocenters. The molecule has 4 heteroatoms. The summed E-state index contributed by atoms with van der Waals surface area (Å²) in [7, 11) is 0. The summed E-state index contributed by atoms with van der Waals surface area (Å²) in [5.74, 6) is 0. The van der Waals surface area contributed by atoms with Gasteiger partial charge in [-0.2, -0.15) is 0 Å². The van der Waals surface area contributed by atoms with Crippen LogP contribution in [0.25, 0.3) is 0 Å². The number of nitrogens with two attached hydrogens (primary N) is 1. The van der Waals surface area contributed by atoms with Crippen molar-refractivity contribution in [2.24, 2.45) is 5.73 Å². The molecule has 0 aliphatic carbocycles. The molecule has 1 heterocycles. The molecule has 0 saturated heterocycles. The number of pyridine rings is 1. The van der Waals surface area contributed by atoms with Crippen LogP contribution >= 0.6 is 38.5 Å². The molecule has 0 fully saturated rings. The van der Waals surface area contributed by atoms with Crippen molar-refractivity contribution in [1.82, 2.24) is 4.98 Å². The normalized spacial score (nSPS) is 12.4. The maximum Gasteiger partial charge on any atom is 0.0346 e. The largest absolute Gasteiger partial charge is 0.324 e. The van der Waals surface area contributed by atoms with Crippen molar-refractivity contribution in [2.75, 3.05) is 0 Å². The van der Waals surface area contributed by atoms with E-state index in [-0.39, 0.29) is 6.04 Å². The van der Waals surface area contributed by atoms with E-state index < -0.39 is 0 Å². The fourth-order valence-electron chi connectivity index (χ4n) is 1.68. The molecule has 1 aromatic carbocycles. The van der Waals surface area contributed by atoms with Gasteiger partial charge in [0.2, 0.25) is 0 Å². The first-order valence-corrected chi connectivity index (χ1v) is 7.13. The zero-order valence-electron chi connectivity index (χ0n) is 9.11. The number of nitrogens with zero attached hydrogens (tertiary/aromatic N) is 1. The molecule has 0 aliphatic heterocycles. The lowest BCUT2D eigenvalue weighted by molar-refractivity contribution is 0.716. The molecule has 88 valence electrons. The van der Waals surface area contributed by atoms with Gasteiger partial charge in [0, 0.05) is 26.5 Å². The second-order valence-corrected chi connectivity index (χ2v) is 5.91. The topological polar surface area (TPSA) is 38.9 Å². The first-order chi connectivity index (χ1) is 8.16. The van der Waals surface area contributed by atoms with Gasteiger partial charge in [-0.15, -0.1) is 0 Å². The van der Waals surface area contributed by atoms with Crippen LogP contribution in [-0.2, 0) is 6.42 Å². The lowest BCUT2D eigenvalue weighted by atomic mass is 10.0. The van der Waals surface area contributed by atoms with E-state index in [2.05, 4.69) is 55.6 Å². The average Bonchev–Trinajstić information content (AvgIpc) is 2.33. The van der Waals surface area contributed by atoms with Gasteiger partial charge in [0.05, 0.1) is 0 Å². The van der Waals surface area contributed by atoms with Gasteiger partial charge in [0.1, 0.15) is 0 Å². The van der Waals surface area contributed by atoms with Crippen LogP contribution in [0.1, 0.15) is 17.2 Å². The van der Waals surface area contributed by atoms with Gasteiger partial charge < -0.3 is 5.73 Å². The van der Waals surface area contributed by atoms with E-state index in [1.165, 1.54) is 14.7 Å². The number of hydrogen-bond acceptors (Lipinski definition) is 2. The Labute approximate surface area is 123 Å². The molecule has 0 aliphatic rings. The molecular formula is C13H12BrIN2. The number of rotatable bonds is 3. The van der Waals surface area contributed by atoms with Crippen LogP contribution in [0.15, 0.2) is 47.2 Å².